The number of rotatable bonds is 3. The molecule has 0 spiro atoms. The normalized spacial score (nSPS) is 16.1. The largest absolute Gasteiger partial charge is 0.345 e. The standard InChI is InChI=1S/C18H16N4O/c23-18(21-16-6-5-13-3-1-2-4-15(13)16)14-7-8-20-17(11-14)22-10-9-19-12-22/h1-4,7-12,16H,5-6H2,(H,21,23). The van der Waals surface area contributed by atoms with E-state index in [0.717, 1.165) is 12.8 Å². The third kappa shape index (κ3) is 2.61. The Labute approximate surface area is 134 Å². The first kappa shape index (κ1) is 13.7. The number of carbonyl (C=O) groups excluding carboxylic acids is 1. The number of nitrogens with one attached hydrogen (secondary N) is 1. The molecule has 0 bridgehead atoms. The summed E-state index contributed by atoms with van der Waals surface area (Å²) in [6, 6.07) is 11.9. The topological polar surface area (TPSA) is 59.8 Å². The summed E-state index contributed by atoms with van der Waals surface area (Å²) in [5, 5.41) is 3.13. The summed E-state index contributed by atoms with van der Waals surface area (Å²) in [5.41, 5.74) is 3.16. The lowest BCUT2D eigenvalue weighted by Crippen LogP contribution is -2.27. The Balaban J connectivity index is 1.55. The van der Waals surface area contributed by atoms with Crippen molar-refractivity contribution in [1.29, 1.82) is 0 Å². The molecule has 3 aromatic rings. The van der Waals surface area contributed by atoms with Crippen molar-refractivity contribution in [1.82, 2.24) is 19.9 Å². The molecular formula is C18H16N4O. The van der Waals surface area contributed by atoms with Crippen LogP contribution in [-0.4, -0.2) is 20.4 Å². The first-order valence-corrected chi connectivity index (χ1v) is 7.64. The summed E-state index contributed by atoms with van der Waals surface area (Å²) in [4.78, 5) is 20.8. The predicted molar refractivity (Wildman–Crippen MR) is 86.3 cm³/mol. The number of carbonyl (C=O) groups is 1. The molecule has 0 fully saturated rings. The van der Waals surface area contributed by atoms with Crippen LogP contribution in [0.5, 0.6) is 0 Å². The van der Waals surface area contributed by atoms with Crippen LogP contribution in [0.15, 0.2) is 61.3 Å². The zero-order valence-electron chi connectivity index (χ0n) is 12.5. The Bertz CT molecular complexity index is 842. The summed E-state index contributed by atoms with van der Waals surface area (Å²) in [7, 11) is 0. The summed E-state index contributed by atoms with van der Waals surface area (Å²) in [5.74, 6) is 0.609. The number of aromatic nitrogens is 3. The van der Waals surface area contributed by atoms with E-state index in [0.29, 0.717) is 11.4 Å². The molecule has 5 heteroatoms. The molecule has 1 atom stereocenters. The van der Waals surface area contributed by atoms with Gasteiger partial charge in [0.2, 0.25) is 0 Å². The fourth-order valence-electron chi connectivity index (χ4n) is 3.04. The second-order valence-corrected chi connectivity index (χ2v) is 5.64. The smallest absolute Gasteiger partial charge is 0.251 e. The second kappa shape index (κ2) is 5.68. The second-order valence-electron chi connectivity index (χ2n) is 5.64. The lowest BCUT2D eigenvalue weighted by molar-refractivity contribution is 0.0936. The third-order valence-electron chi connectivity index (χ3n) is 4.21. The molecule has 1 amide bonds. The third-order valence-corrected chi connectivity index (χ3v) is 4.21. The van der Waals surface area contributed by atoms with Crippen molar-refractivity contribution in [2.75, 3.05) is 0 Å². The minimum atomic E-state index is -0.0736. The molecule has 114 valence electrons. The van der Waals surface area contributed by atoms with E-state index in [-0.39, 0.29) is 11.9 Å². The van der Waals surface area contributed by atoms with E-state index in [1.807, 2.05) is 12.1 Å². The van der Waals surface area contributed by atoms with Gasteiger partial charge in [-0.1, -0.05) is 24.3 Å². The quantitative estimate of drug-likeness (QED) is 0.809. The SMILES string of the molecule is O=C(NC1CCc2ccccc21)c1ccnc(-n2ccnc2)c1. The van der Waals surface area contributed by atoms with Crippen molar-refractivity contribution in [3.8, 4) is 5.82 Å². The van der Waals surface area contributed by atoms with Crippen LogP contribution in [0.2, 0.25) is 0 Å². The van der Waals surface area contributed by atoms with Crippen molar-refractivity contribution in [3.05, 3.63) is 78.0 Å². The molecule has 2 aromatic heterocycles. The Morgan fingerprint density at radius 3 is 3.00 bits per heavy atom. The van der Waals surface area contributed by atoms with Crippen LogP contribution in [0.4, 0.5) is 0 Å². The highest BCUT2D eigenvalue weighted by atomic mass is 16.1. The molecule has 0 aliphatic heterocycles. The highest BCUT2D eigenvalue weighted by Crippen LogP contribution is 2.30. The van der Waals surface area contributed by atoms with Crippen molar-refractivity contribution in [2.24, 2.45) is 0 Å². The summed E-state index contributed by atoms with van der Waals surface area (Å²) in [6.07, 6.45) is 8.76. The first-order valence-electron chi connectivity index (χ1n) is 7.64. The molecule has 0 saturated heterocycles. The number of benzene rings is 1. The lowest BCUT2D eigenvalue weighted by atomic mass is 10.1. The average Bonchev–Trinajstić information content (AvgIpc) is 3.25. The van der Waals surface area contributed by atoms with E-state index in [1.54, 1.807) is 41.6 Å². The molecule has 1 unspecified atom stereocenters. The van der Waals surface area contributed by atoms with Crippen LogP contribution in [0.25, 0.3) is 5.82 Å². The number of hydrogen-bond donors (Lipinski definition) is 1. The molecule has 2 heterocycles. The monoisotopic (exact) mass is 304 g/mol. The number of imidazole rings is 1. The summed E-state index contributed by atoms with van der Waals surface area (Å²) >= 11 is 0. The van der Waals surface area contributed by atoms with Crippen LogP contribution < -0.4 is 5.32 Å². The van der Waals surface area contributed by atoms with E-state index in [4.69, 9.17) is 0 Å². The zero-order valence-corrected chi connectivity index (χ0v) is 12.5. The molecule has 1 aliphatic rings. The van der Waals surface area contributed by atoms with Gasteiger partial charge in [0.15, 0.2) is 0 Å². The lowest BCUT2D eigenvalue weighted by Gasteiger charge is -2.14. The van der Waals surface area contributed by atoms with E-state index in [2.05, 4.69) is 27.4 Å². The van der Waals surface area contributed by atoms with Crippen LogP contribution in [0, 0.1) is 0 Å². The van der Waals surface area contributed by atoms with Crippen molar-refractivity contribution in [2.45, 2.75) is 18.9 Å². The van der Waals surface area contributed by atoms with Gasteiger partial charge < -0.3 is 5.32 Å². The van der Waals surface area contributed by atoms with Crippen LogP contribution in [-0.2, 0) is 6.42 Å². The minimum Gasteiger partial charge on any atom is -0.345 e. The van der Waals surface area contributed by atoms with Crippen molar-refractivity contribution < 1.29 is 4.79 Å². The van der Waals surface area contributed by atoms with E-state index in [9.17, 15) is 4.79 Å². The first-order chi connectivity index (χ1) is 11.3. The average molecular weight is 304 g/mol. The van der Waals surface area contributed by atoms with E-state index in [1.165, 1.54) is 11.1 Å². The maximum Gasteiger partial charge on any atom is 0.251 e. The van der Waals surface area contributed by atoms with Gasteiger partial charge in [0.05, 0.1) is 6.04 Å². The number of amides is 1. The van der Waals surface area contributed by atoms with Crippen molar-refractivity contribution >= 4 is 5.91 Å². The van der Waals surface area contributed by atoms with Gasteiger partial charge in [-0.05, 0) is 36.1 Å². The van der Waals surface area contributed by atoms with Gasteiger partial charge in [-0.2, -0.15) is 0 Å². The van der Waals surface area contributed by atoms with Crippen LogP contribution in [0.1, 0.15) is 33.9 Å². The maximum atomic E-state index is 12.6. The van der Waals surface area contributed by atoms with Gasteiger partial charge in [0.25, 0.3) is 5.91 Å². The Kier molecular flexibility index (Phi) is 3.38. The fourth-order valence-corrected chi connectivity index (χ4v) is 3.04. The minimum absolute atomic E-state index is 0.0736. The number of fused-ring (bicyclic) bond motifs is 1. The Morgan fingerprint density at radius 1 is 1.22 bits per heavy atom. The van der Waals surface area contributed by atoms with E-state index >= 15 is 0 Å². The highest BCUT2D eigenvalue weighted by molar-refractivity contribution is 5.94. The number of hydrogen-bond acceptors (Lipinski definition) is 3. The molecule has 1 N–H and O–H groups in total. The highest BCUT2D eigenvalue weighted by Gasteiger charge is 2.23. The van der Waals surface area contributed by atoms with Gasteiger partial charge >= 0.3 is 0 Å². The van der Waals surface area contributed by atoms with Gasteiger partial charge in [-0.25, -0.2) is 9.97 Å². The Morgan fingerprint density at radius 2 is 2.13 bits per heavy atom. The Hall–Kier alpha value is -2.95. The molecule has 1 aromatic carbocycles. The molecule has 4 rings (SSSR count). The number of aryl methyl sites for hydroxylation is 1. The zero-order chi connectivity index (χ0) is 15.6. The molecule has 0 radical (unpaired) electrons. The number of nitrogens with zero attached hydrogens (tertiary/aromatic N) is 3. The van der Waals surface area contributed by atoms with Crippen molar-refractivity contribution in [3.63, 3.8) is 0 Å². The molecule has 23 heavy (non-hydrogen) atoms. The summed E-state index contributed by atoms with van der Waals surface area (Å²) < 4.78 is 1.78. The van der Waals surface area contributed by atoms with Crippen LogP contribution in [0.3, 0.4) is 0 Å². The van der Waals surface area contributed by atoms with Crippen LogP contribution >= 0.6 is 0 Å². The molecule has 5 nitrogen and oxygen atoms in total. The predicted octanol–water partition coefficient (Wildman–Crippen LogP) is 2.68. The molecular weight excluding hydrogens is 288 g/mol. The van der Waals surface area contributed by atoms with Gasteiger partial charge in [-0.3, -0.25) is 9.36 Å². The van der Waals surface area contributed by atoms with E-state index < -0.39 is 0 Å². The van der Waals surface area contributed by atoms with Gasteiger partial charge in [-0.15, -0.1) is 0 Å². The molecule has 0 saturated carbocycles. The van der Waals surface area contributed by atoms with Gasteiger partial charge in [0, 0.05) is 24.2 Å². The molecule has 1 aliphatic carbocycles. The van der Waals surface area contributed by atoms with Gasteiger partial charge in [0.1, 0.15) is 12.1 Å². The maximum absolute atomic E-state index is 12.6. The number of pyridine rings is 1. The summed E-state index contributed by atoms with van der Waals surface area (Å²) in [6.45, 7) is 0. The fraction of sp³-hybridized carbons (Fsp3) is 0.167.